The number of benzene rings is 1. The fraction of sp³-hybridized carbons (Fsp3) is 0.538. The van der Waals surface area contributed by atoms with E-state index >= 15 is 0 Å². The third kappa shape index (κ3) is 5.95. The Labute approximate surface area is 107 Å². The predicted octanol–water partition coefficient (Wildman–Crippen LogP) is 1.74. The Morgan fingerprint density at radius 1 is 1.28 bits per heavy atom. The number of aliphatic hydroxyl groups excluding tert-OH is 1. The molecule has 0 bridgehead atoms. The van der Waals surface area contributed by atoms with Gasteiger partial charge in [0.05, 0.1) is 13.2 Å². The van der Waals surface area contributed by atoms with Crippen LogP contribution in [-0.4, -0.2) is 31.0 Å². The van der Waals surface area contributed by atoms with Gasteiger partial charge in [-0.25, -0.2) is 4.39 Å². The van der Waals surface area contributed by atoms with Crippen LogP contribution in [0.3, 0.4) is 0 Å². The summed E-state index contributed by atoms with van der Waals surface area (Å²) in [5.41, 5.74) is 2.64. The number of nitrogens with one attached hydrogen (secondary N) is 1. The molecule has 0 heterocycles. The minimum Gasteiger partial charge on any atom is -0.488 e. The van der Waals surface area contributed by atoms with Gasteiger partial charge in [-0.1, -0.05) is 26.0 Å². The molecule has 0 aliphatic heterocycles. The van der Waals surface area contributed by atoms with Crippen LogP contribution in [0, 0.1) is 11.7 Å². The molecular formula is C13H20FNO3. The number of hydrogen-bond acceptors (Lipinski definition) is 4. The van der Waals surface area contributed by atoms with E-state index < -0.39 is 11.9 Å². The first-order valence-corrected chi connectivity index (χ1v) is 5.99. The van der Waals surface area contributed by atoms with Crippen molar-refractivity contribution in [2.75, 3.05) is 19.8 Å². The molecule has 0 aliphatic rings. The van der Waals surface area contributed by atoms with E-state index in [0.29, 0.717) is 12.5 Å². The smallest absolute Gasteiger partial charge is 0.165 e. The van der Waals surface area contributed by atoms with Crippen molar-refractivity contribution in [2.45, 2.75) is 20.0 Å². The van der Waals surface area contributed by atoms with E-state index in [9.17, 15) is 9.50 Å². The maximum Gasteiger partial charge on any atom is 0.165 e. The van der Waals surface area contributed by atoms with Gasteiger partial charge in [0, 0.05) is 0 Å². The second-order valence-corrected chi connectivity index (χ2v) is 4.45. The average Bonchev–Trinajstić information content (AvgIpc) is 2.33. The van der Waals surface area contributed by atoms with Gasteiger partial charge < -0.3 is 14.7 Å². The summed E-state index contributed by atoms with van der Waals surface area (Å²) in [6, 6.07) is 6.09. The maximum atomic E-state index is 13.2. The van der Waals surface area contributed by atoms with Crippen molar-refractivity contribution in [3.63, 3.8) is 0 Å². The highest BCUT2D eigenvalue weighted by Crippen LogP contribution is 2.15. The number of ether oxygens (including phenoxy) is 1. The number of hydroxylamine groups is 1. The van der Waals surface area contributed by atoms with Gasteiger partial charge in [0.2, 0.25) is 0 Å². The summed E-state index contributed by atoms with van der Waals surface area (Å²) in [7, 11) is 0. The van der Waals surface area contributed by atoms with Crippen LogP contribution in [0.5, 0.6) is 5.75 Å². The van der Waals surface area contributed by atoms with E-state index in [2.05, 4.69) is 5.48 Å². The first-order chi connectivity index (χ1) is 8.59. The van der Waals surface area contributed by atoms with Crippen molar-refractivity contribution in [1.29, 1.82) is 0 Å². The number of halogens is 1. The molecular weight excluding hydrogens is 237 g/mol. The minimum atomic E-state index is -0.753. The summed E-state index contributed by atoms with van der Waals surface area (Å²) in [5, 5.41) is 9.58. The lowest BCUT2D eigenvalue weighted by molar-refractivity contribution is -0.00799. The molecule has 102 valence electrons. The topological polar surface area (TPSA) is 50.7 Å². The summed E-state index contributed by atoms with van der Waals surface area (Å²) in [5.74, 6) is 0.123. The number of aliphatic hydroxyl groups is 1. The van der Waals surface area contributed by atoms with Crippen molar-refractivity contribution in [1.82, 2.24) is 5.48 Å². The fourth-order valence-corrected chi connectivity index (χ4v) is 1.19. The van der Waals surface area contributed by atoms with Crippen LogP contribution in [0.4, 0.5) is 4.39 Å². The van der Waals surface area contributed by atoms with E-state index in [1.54, 1.807) is 12.1 Å². The van der Waals surface area contributed by atoms with Gasteiger partial charge in [0.1, 0.15) is 12.7 Å². The molecule has 0 radical (unpaired) electrons. The molecule has 0 aromatic heterocycles. The molecule has 1 unspecified atom stereocenters. The van der Waals surface area contributed by atoms with Crippen molar-refractivity contribution in [3.05, 3.63) is 30.1 Å². The molecule has 1 atom stereocenters. The van der Waals surface area contributed by atoms with Crippen LogP contribution < -0.4 is 10.2 Å². The third-order valence-electron chi connectivity index (χ3n) is 2.11. The van der Waals surface area contributed by atoms with Crippen molar-refractivity contribution >= 4 is 0 Å². The molecule has 4 nitrogen and oxygen atoms in total. The van der Waals surface area contributed by atoms with Gasteiger partial charge in [-0.3, -0.25) is 0 Å². The molecule has 18 heavy (non-hydrogen) atoms. The van der Waals surface area contributed by atoms with Crippen molar-refractivity contribution in [2.24, 2.45) is 5.92 Å². The lowest BCUT2D eigenvalue weighted by Gasteiger charge is -2.14. The Bertz CT molecular complexity index is 347. The van der Waals surface area contributed by atoms with E-state index in [-0.39, 0.29) is 18.9 Å². The molecule has 1 aromatic carbocycles. The zero-order chi connectivity index (χ0) is 13.4. The highest BCUT2D eigenvalue weighted by Gasteiger charge is 2.07. The Hall–Kier alpha value is -1.17. The van der Waals surface area contributed by atoms with Crippen LogP contribution in [-0.2, 0) is 4.84 Å². The molecule has 0 amide bonds. The second-order valence-electron chi connectivity index (χ2n) is 4.45. The van der Waals surface area contributed by atoms with Crippen molar-refractivity contribution < 1.29 is 19.1 Å². The summed E-state index contributed by atoms with van der Waals surface area (Å²) >= 11 is 0. The molecule has 5 heteroatoms. The van der Waals surface area contributed by atoms with Crippen LogP contribution >= 0.6 is 0 Å². The van der Waals surface area contributed by atoms with E-state index in [1.807, 2.05) is 13.8 Å². The fourth-order valence-electron chi connectivity index (χ4n) is 1.19. The van der Waals surface area contributed by atoms with Gasteiger partial charge in [0.25, 0.3) is 0 Å². The summed E-state index contributed by atoms with van der Waals surface area (Å²) in [6.45, 7) is 4.87. The lowest BCUT2D eigenvalue weighted by Crippen LogP contribution is -2.32. The van der Waals surface area contributed by atoms with Crippen LogP contribution in [0.1, 0.15) is 13.8 Å². The summed E-state index contributed by atoms with van der Waals surface area (Å²) in [6.07, 6.45) is -0.753. The van der Waals surface area contributed by atoms with Gasteiger partial charge in [-0.2, -0.15) is 5.48 Å². The minimum absolute atomic E-state index is 0.0129. The predicted molar refractivity (Wildman–Crippen MR) is 66.7 cm³/mol. The first-order valence-electron chi connectivity index (χ1n) is 5.99. The first kappa shape index (κ1) is 14.9. The van der Waals surface area contributed by atoms with Gasteiger partial charge in [-0.05, 0) is 18.1 Å². The van der Waals surface area contributed by atoms with E-state index in [1.165, 1.54) is 12.1 Å². The zero-order valence-corrected chi connectivity index (χ0v) is 10.7. The van der Waals surface area contributed by atoms with Crippen molar-refractivity contribution in [3.8, 4) is 5.75 Å². The molecule has 0 aliphatic carbocycles. The zero-order valence-electron chi connectivity index (χ0n) is 10.7. The number of para-hydroxylation sites is 1. The van der Waals surface area contributed by atoms with Crippen LogP contribution in [0.15, 0.2) is 24.3 Å². The highest BCUT2D eigenvalue weighted by molar-refractivity contribution is 5.23. The average molecular weight is 257 g/mol. The molecule has 0 saturated carbocycles. The monoisotopic (exact) mass is 257 g/mol. The van der Waals surface area contributed by atoms with Gasteiger partial charge in [-0.15, -0.1) is 0 Å². The quantitative estimate of drug-likeness (QED) is 0.550. The molecule has 0 spiro atoms. The Kier molecular flexibility index (Phi) is 6.64. The Balaban J connectivity index is 2.17. The van der Waals surface area contributed by atoms with Gasteiger partial charge in [0.15, 0.2) is 11.6 Å². The number of rotatable bonds is 8. The Morgan fingerprint density at radius 3 is 2.67 bits per heavy atom. The second kappa shape index (κ2) is 8.02. The van der Waals surface area contributed by atoms with Crippen LogP contribution in [0.2, 0.25) is 0 Å². The van der Waals surface area contributed by atoms with E-state index in [4.69, 9.17) is 9.57 Å². The molecule has 0 fully saturated rings. The summed E-state index contributed by atoms with van der Waals surface area (Å²) in [4.78, 5) is 5.10. The Morgan fingerprint density at radius 2 is 2.00 bits per heavy atom. The SMILES string of the molecule is CC(C)CONCC(O)COc1ccccc1F. The maximum absolute atomic E-state index is 13.2. The van der Waals surface area contributed by atoms with Crippen LogP contribution in [0.25, 0.3) is 0 Å². The molecule has 2 N–H and O–H groups in total. The number of hydrogen-bond donors (Lipinski definition) is 2. The highest BCUT2D eigenvalue weighted by atomic mass is 19.1. The lowest BCUT2D eigenvalue weighted by atomic mass is 10.2. The third-order valence-corrected chi connectivity index (χ3v) is 2.11. The molecule has 1 rings (SSSR count). The van der Waals surface area contributed by atoms with Gasteiger partial charge >= 0.3 is 0 Å². The molecule has 0 saturated heterocycles. The standard InChI is InChI=1S/C13H20FNO3/c1-10(2)8-18-15-7-11(16)9-17-13-6-4-3-5-12(13)14/h3-6,10-11,15-16H,7-9H2,1-2H3. The molecule has 1 aromatic rings. The van der Waals surface area contributed by atoms with E-state index in [0.717, 1.165) is 0 Å². The summed E-state index contributed by atoms with van der Waals surface area (Å²) < 4.78 is 18.3. The largest absolute Gasteiger partial charge is 0.488 e. The normalized spacial score (nSPS) is 12.7.